The van der Waals surface area contributed by atoms with Crippen molar-refractivity contribution in [3.63, 3.8) is 0 Å². The molecule has 0 bridgehead atoms. The van der Waals surface area contributed by atoms with Gasteiger partial charge in [0.15, 0.2) is 0 Å². The molecule has 0 saturated heterocycles. The van der Waals surface area contributed by atoms with Crippen molar-refractivity contribution < 1.29 is 9.15 Å². The summed E-state index contributed by atoms with van der Waals surface area (Å²) >= 11 is 0. The lowest BCUT2D eigenvalue weighted by Crippen LogP contribution is -2.08. The van der Waals surface area contributed by atoms with Gasteiger partial charge in [0.2, 0.25) is 0 Å². The van der Waals surface area contributed by atoms with Crippen LogP contribution in [0.25, 0.3) is 6.08 Å². The Labute approximate surface area is 102 Å². The number of hydrogen-bond acceptors (Lipinski definition) is 3. The highest BCUT2D eigenvalue weighted by atomic mass is 16.5. The molecule has 0 radical (unpaired) electrons. The molecule has 0 unspecified atom stereocenters. The molecular formula is C14H20O3. The Balaban J connectivity index is 3.22. The van der Waals surface area contributed by atoms with Gasteiger partial charge in [0.25, 0.3) is 0 Å². The van der Waals surface area contributed by atoms with Crippen molar-refractivity contribution in [3.8, 4) is 5.75 Å². The molecule has 0 aliphatic heterocycles. The molecule has 1 atom stereocenters. The fourth-order valence-corrected chi connectivity index (χ4v) is 1.59. The summed E-state index contributed by atoms with van der Waals surface area (Å²) in [6.45, 7) is 7.84. The van der Waals surface area contributed by atoms with Gasteiger partial charge < -0.3 is 9.15 Å². The first kappa shape index (κ1) is 13.6. The fraction of sp³-hybridized carbons (Fsp3) is 0.500. The van der Waals surface area contributed by atoms with E-state index in [1.165, 1.54) is 0 Å². The van der Waals surface area contributed by atoms with Gasteiger partial charge in [0.05, 0.1) is 12.7 Å². The minimum absolute atomic E-state index is 0.337. The van der Waals surface area contributed by atoms with Gasteiger partial charge in [-0.25, -0.2) is 4.79 Å². The summed E-state index contributed by atoms with van der Waals surface area (Å²) < 4.78 is 10.5. The second kappa shape index (κ2) is 5.71. The first-order valence-corrected chi connectivity index (χ1v) is 5.87. The number of methoxy groups -OCH3 is 1. The molecule has 94 valence electrons. The smallest absolute Gasteiger partial charge is 0.342 e. The van der Waals surface area contributed by atoms with Crippen LogP contribution in [0.4, 0.5) is 0 Å². The predicted molar refractivity (Wildman–Crippen MR) is 69.5 cm³/mol. The first-order valence-electron chi connectivity index (χ1n) is 5.87. The lowest BCUT2D eigenvalue weighted by Gasteiger charge is -2.09. The summed E-state index contributed by atoms with van der Waals surface area (Å²) in [4.78, 5) is 11.6. The van der Waals surface area contributed by atoms with Gasteiger partial charge in [0.1, 0.15) is 11.5 Å². The third kappa shape index (κ3) is 2.99. The van der Waals surface area contributed by atoms with E-state index in [2.05, 4.69) is 13.8 Å². The van der Waals surface area contributed by atoms with Crippen LogP contribution in [0.2, 0.25) is 0 Å². The molecule has 3 nitrogen and oxygen atoms in total. The van der Waals surface area contributed by atoms with Crippen LogP contribution in [0.1, 0.15) is 37.2 Å². The maximum atomic E-state index is 11.6. The zero-order valence-electron chi connectivity index (χ0n) is 11.2. The average molecular weight is 236 g/mol. The van der Waals surface area contributed by atoms with Crippen molar-refractivity contribution >= 4 is 6.08 Å². The van der Waals surface area contributed by atoms with Crippen LogP contribution in [0.15, 0.2) is 15.3 Å². The first-order chi connectivity index (χ1) is 8.01. The monoisotopic (exact) mass is 236 g/mol. The molecule has 0 saturated carbocycles. The second-order valence-corrected chi connectivity index (χ2v) is 4.28. The van der Waals surface area contributed by atoms with Crippen LogP contribution in [-0.2, 0) is 0 Å². The maximum absolute atomic E-state index is 11.6. The minimum Gasteiger partial charge on any atom is -0.496 e. The van der Waals surface area contributed by atoms with Gasteiger partial charge in [-0.15, -0.1) is 0 Å². The zero-order valence-corrected chi connectivity index (χ0v) is 11.2. The van der Waals surface area contributed by atoms with Crippen molar-refractivity contribution in [2.75, 3.05) is 7.11 Å². The van der Waals surface area contributed by atoms with E-state index in [1.807, 2.05) is 19.1 Å². The zero-order chi connectivity index (χ0) is 13.0. The highest BCUT2D eigenvalue weighted by Crippen LogP contribution is 2.24. The average Bonchev–Trinajstić information content (AvgIpc) is 2.32. The maximum Gasteiger partial charge on any atom is 0.342 e. The van der Waals surface area contributed by atoms with Crippen molar-refractivity contribution in [3.05, 3.63) is 33.4 Å². The topological polar surface area (TPSA) is 39.4 Å². The third-order valence-electron chi connectivity index (χ3n) is 2.98. The van der Waals surface area contributed by atoms with Gasteiger partial charge in [-0.2, -0.15) is 0 Å². The lowest BCUT2D eigenvalue weighted by molar-refractivity contribution is 0.390. The van der Waals surface area contributed by atoms with Crippen LogP contribution in [0.3, 0.4) is 0 Å². The summed E-state index contributed by atoms with van der Waals surface area (Å²) in [5, 5.41) is 0. The Kier molecular flexibility index (Phi) is 4.55. The molecule has 0 aliphatic carbocycles. The number of rotatable bonds is 4. The largest absolute Gasteiger partial charge is 0.496 e. The molecule has 0 aliphatic rings. The van der Waals surface area contributed by atoms with Crippen LogP contribution >= 0.6 is 0 Å². The van der Waals surface area contributed by atoms with Crippen LogP contribution in [-0.4, -0.2) is 7.11 Å². The predicted octanol–water partition coefficient (Wildman–Crippen LogP) is 3.32. The molecule has 1 aromatic heterocycles. The van der Waals surface area contributed by atoms with E-state index in [4.69, 9.17) is 9.15 Å². The molecule has 1 heterocycles. The van der Waals surface area contributed by atoms with Gasteiger partial charge >= 0.3 is 5.63 Å². The van der Waals surface area contributed by atoms with E-state index in [0.29, 0.717) is 23.0 Å². The van der Waals surface area contributed by atoms with Gasteiger partial charge in [-0.05, 0) is 25.8 Å². The summed E-state index contributed by atoms with van der Waals surface area (Å²) in [7, 11) is 1.57. The molecule has 0 spiro atoms. The summed E-state index contributed by atoms with van der Waals surface area (Å²) in [6, 6.07) is 0. The second-order valence-electron chi connectivity index (χ2n) is 4.28. The normalized spacial score (nSPS) is 13.0. The van der Waals surface area contributed by atoms with Gasteiger partial charge in [-0.1, -0.05) is 26.3 Å². The van der Waals surface area contributed by atoms with E-state index >= 15 is 0 Å². The highest BCUT2D eigenvalue weighted by molar-refractivity contribution is 5.53. The number of allylic oxidation sites excluding steroid dienone is 1. The van der Waals surface area contributed by atoms with Gasteiger partial charge in [0, 0.05) is 5.56 Å². The Bertz CT molecular complexity index is 469. The molecule has 1 aromatic rings. The summed E-state index contributed by atoms with van der Waals surface area (Å²) in [6.07, 6.45) is 4.95. The van der Waals surface area contributed by atoms with Crippen molar-refractivity contribution in [2.24, 2.45) is 5.92 Å². The van der Waals surface area contributed by atoms with Crippen LogP contribution in [0, 0.1) is 19.8 Å². The summed E-state index contributed by atoms with van der Waals surface area (Å²) in [5.74, 6) is 1.66. The standard InChI is InChI=1S/C14H20O3/c1-6-9(2)7-8-12-10(3)13(16-5)11(4)14(15)17-12/h7-9H,6H2,1-5H3/b8-7+/t9-/m1/s1. The molecule has 17 heavy (non-hydrogen) atoms. The molecule has 0 N–H and O–H groups in total. The van der Waals surface area contributed by atoms with Crippen LogP contribution < -0.4 is 10.4 Å². The van der Waals surface area contributed by atoms with Gasteiger partial charge in [-0.3, -0.25) is 0 Å². The van der Waals surface area contributed by atoms with E-state index in [-0.39, 0.29) is 5.63 Å². The number of ether oxygens (including phenoxy) is 1. The van der Waals surface area contributed by atoms with E-state index in [9.17, 15) is 4.79 Å². The molecule has 0 fully saturated rings. The molecule has 1 rings (SSSR count). The SMILES string of the molecule is CC[C@@H](C)/C=C/c1oc(=O)c(C)c(OC)c1C. The van der Waals surface area contributed by atoms with Crippen LogP contribution in [0.5, 0.6) is 5.75 Å². The Morgan fingerprint density at radius 1 is 1.35 bits per heavy atom. The molecule has 0 amide bonds. The molecular weight excluding hydrogens is 216 g/mol. The van der Waals surface area contributed by atoms with Crippen molar-refractivity contribution in [1.82, 2.24) is 0 Å². The summed E-state index contributed by atoms with van der Waals surface area (Å²) in [5.41, 5.74) is 1.05. The minimum atomic E-state index is -0.337. The van der Waals surface area contributed by atoms with E-state index in [0.717, 1.165) is 12.0 Å². The lowest BCUT2D eigenvalue weighted by atomic mass is 10.1. The molecule has 3 heteroatoms. The quantitative estimate of drug-likeness (QED) is 0.805. The fourth-order valence-electron chi connectivity index (χ4n) is 1.59. The van der Waals surface area contributed by atoms with Crippen molar-refractivity contribution in [1.29, 1.82) is 0 Å². The molecule has 0 aromatic carbocycles. The third-order valence-corrected chi connectivity index (χ3v) is 2.98. The Morgan fingerprint density at radius 3 is 2.53 bits per heavy atom. The van der Waals surface area contributed by atoms with E-state index in [1.54, 1.807) is 14.0 Å². The van der Waals surface area contributed by atoms with Crippen molar-refractivity contribution in [2.45, 2.75) is 34.1 Å². The van der Waals surface area contributed by atoms with E-state index < -0.39 is 0 Å². The highest BCUT2D eigenvalue weighted by Gasteiger charge is 2.12. The Hall–Kier alpha value is -1.51. The Morgan fingerprint density at radius 2 is 2.00 bits per heavy atom. The number of hydrogen-bond donors (Lipinski definition) is 0.